The van der Waals surface area contributed by atoms with Crippen LogP contribution in [0, 0.1) is 5.82 Å². The number of rotatable bonds is 3. The van der Waals surface area contributed by atoms with Crippen LogP contribution in [0.15, 0.2) is 53.9 Å². The minimum Gasteiger partial charge on any atom is -0.324 e. The molecule has 0 amide bonds. The molecule has 19 heavy (non-hydrogen) atoms. The first kappa shape index (κ1) is 12.3. The lowest BCUT2D eigenvalue weighted by atomic mass is 9.99. The van der Waals surface area contributed by atoms with E-state index in [0.717, 1.165) is 5.56 Å². The van der Waals surface area contributed by atoms with Gasteiger partial charge in [0.2, 0.25) is 0 Å². The zero-order chi connectivity index (χ0) is 13.2. The average molecular weight is 271 g/mol. The second-order valence-electron chi connectivity index (χ2n) is 4.59. The van der Waals surface area contributed by atoms with Crippen molar-refractivity contribution in [2.45, 2.75) is 12.5 Å². The Morgan fingerprint density at radius 2 is 1.79 bits per heavy atom. The molecule has 1 aromatic heterocycles. The van der Waals surface area contributed by atoms with Crippen LogP contribution in [0.25, 0.3) is 10.1 Å². The van der Waals surface area contributed by atoms with E-state index in [2.05, 4.69) is 17.5 Å². The van der Waals surface area contributed by atoms with Crippen molar-refractivity contribution in [3.63, 3.8) is 0 Å². The topological polar surface area (TPSA) is 26.0 Å². The number of benzene rings is 2. The van der Waals surface area contributed by atoms with E-state index in [0.29, 0.717) is 12.0 Å². The normalized spacial score (nSPS) is 12.7. The SMILES string of the molecule is NC(Cc1ccccc1F)c1csc2ccccc12. The standard InChI is InChI=1S/C16H14FNS/c17-14-7-3-1-5-11(14)9-15(18)13-10-19-16-8-4-2-6-12(13)16/h1-8,10,15H,9,18H2. The zero-order valence-corrected chi connectivity index (χ0v) is 11.2. The van der Waals surface area contributed by atoms with Crippen LogP contribution < -0.4 is 5.73 Å². The fourth-order valence-electron chi connectivity index (χ4n) is 2.30. The first-order chi connectivity index (χ1) is 9.25. The van der Waals surface area contributed by atoms with Gasteiger partial charge in [-0.3, -0.25) is 0 Å². The van der Waals surface area contributed by atoms with E-state index < -0.39 is 0 Å². The highest BCUT2D eigenvalue weighted by atomic mass is 32.1. The summed E-state index contributed by atoms with van der Waals surface area (Å²) < 4.78 is 14.9. The molecule has 0 saturated heterocycles. The summed E-state index contributed by atoms with van der Waals surface area (Å²) in [4.78, 5) is 0. The summed E-state index contributed by atoms with van der Waals surface area (Å²) in [5, 5.41) is 3.26. The van der Waals surface area contributed by atoms with Crippen molar-refractivity contribution in [2.24, 2.45) is 5.73 Å². The highest BCUT2D eigenvalue weighted by Crippen LogP contribution is 2.30. The lowest BCUT2D eigenvalue weighted by Crippen LogP contribution is -2.13. The van der Waals surface area contributed by atoms with Gasteiger partial charge in [0.15, 0.2) is 0 Å². The average Bonchev–Trinajstić information content (AvgIpc) is 2.85. The Balaban J connectivity index is 1.92. The summed E-state index contributed by atoms with van der Waals surface area (Å²) in [6.07, 6.45) is 0.521. The van der Waals surface area contributed by atoms with Crippen LogP contribution in [-0.4, -0.2) is 0 Å². The Labute approximate surface area is 115 Å². The first-order valence-electron chi connectivity index (χ1n) is 6.21. The molecule has 1 atom stereocenters. The molecule has 0 radical (unpaired) electrons. The Bertz CT molecular complexity index is 705. The molecule has 96 valence electrons. The molecule has 2 aromatic carbocycles. The summed E-state index contributed by atoms with van der Waals surface area (Å²) in [5.41, 5.74) is 8.02. The first-order valence-corrected chi connectivity index (χ1v) is 7.09. The van der Waals surface area contributed by atoms with E-state index in [4.69, 9.17) is 5.73 Å². The third-order valence-electron chi connectivity index (χ3n) is 3.31. The molecule has 0 saturated carbocycles. The largest absolute Gasteiger partial charge is 0.324 e. The van der Waals surface area contributed by atoms with Crippen LogP contribution in [0.1, 0.15) is 17.2 Å². The number of nitrogens with two attached hydrogens (primary N) is 1. The fraction of sp³-hybridized carbons (Fsp3) is 0.125. The molecule has 3 rings (SSSR count). The van der Waals surface area contributed by atoms with Crippen molar-refractivity contribution in [1.82, 2.24) is 0 Å². The molecule has 0 bridgehead atoms. The minimum atomic E-state index is -0.183. The second kappa shape index (κ2) is 5.11. The molecular weight excluding hydrogens is 257 g/mol. The molecule has 1 unspecified atom stereocenters. The summed E-state index contributed by atoms with van der Waals surface area (Å²) in [6, 6.07) is 14.8. The summed E-state index contributed by atoms with van der Waals surface area (Å²) in [5.74, 6) is -0.183. The molecule has 0 aliphatic carbocycles. The molecule has 0 spiro atoms. The van der Waals surface area contributed by atoms with E-state index in [1.165, 1.54) is 16.2 Å². The van der Waals surface area contributed by atoms with Crippen molar-refractivity contribution in [2.75, 3.05) is 0 Å². The number of thiophene rings is 1. The summed E-state index contributed by atoms with van der Waals surface area (Å²) >= 11 is 1.68. The van der Waals surface area contributed by atoms with Gasteiger partial charge >= 0.3 is 0 Å². The van der Waals surface area contributed by atoms with E-state index in [1.807, 2.05) is 18.2 Å². The molecule has 0 aliphatic rings. The van der Waals surface area contributed by atoms with Crippen molar-refractivity contribution < 1.29 is 4.39 Å². The summed E-state index contributed by atoms with van der Waals surface area (Å²) in [7, 11) is 0. The van der Waals surface area contributed by atoms with Gasteiger partial charge in [0.05, 0.1) is 0 Å². The van der Waals surface area contributed by atoms with Gasteiger partial charge in [-0.2, -0.15) is 0 Å². The molecule has 3 heteroatoms. The molecule has 0 fully saturated rings. The second-order valence-corrected chi connectivity index (χ2v) is 5.50. The van der Waals surface area contributed by atoms with Crippen LogP contribution >= 0.6 is 11.3 Å². The predicted octanol–water partition coefficient (Wildman–Crippen LogP) is 4.28. The lowest BCUT2D eigenvalue weighted by Gasteiger charge is -2.11. The monoisotopic (exact) mass is 271 g/mol. The van der Waals surface area contributed by atoms with Crippen LogP contribution in [0.4, 0.5) is 4.39 Å². The highest BCUT2D eigenvalue weighted by Gasteiger charge is 2.14. The van der Waals surface area contributed by atoms with E-state index >= 15 is 0 Å². The fourth-order valence-corrected chi connectivity index (χ4v) is 3.32. The van der Waals surface area contributed by atoms with Crippen LogP contribution in [-0.2, 0) is 6.42 Å². The Hall–Kier alpha value is -1.71. The molecule has 1 heterocycles. The van der Waals surface area contributed by atoms with Crippen molar-refractivity contribution in [3.05, 3.63) is 70.9 Å². The maximum Gasteiger partial charge on any atom is 0.126 e. The predicted molar refractivity (Wildman–Crippen MR) is 78.9 cm³/mol. The van der Waals surface area contributed by atoms with Crippen molar-refractivity contribution in [1.29, 1.82) is 0 Å². The third-order valence-corrected chi connectivity index (χ3v) is 4.29. The van der Waals surface area contributed by atoms with Gasteiger partial charge in [-0.15, -0.1) is 11.3 Å². The van der Waals surface area contributed by atoms with Crippen molar-refractivity contribution in [3.8, 4) is 0 Å². The molecule has 3 aromatic rings. The smallest absolute Gasteiger partial charge is 0.126 e. The molecule has 1 nitrogen and oxygen atoms in total. The van der Waals surface area contributed by atoms with Crippen LogP contribution in [0.2, 0.25) is 0 Å². The zero-order valence-electron chi connectivity index (χ0n) is 10.3. The quantitative estimate of drug-likeness (QED) is 0.756. The Kier molecular flexibility index (Phi) is 3.32. The molecule has 2 N–H and O–H groups in total. The van der Waals surface area contributed by atoms with Gasteiger partial charge in [0.25, 0.3) is 0 Å². The number of hydrogen-bond acceptors (Lipinski definition) is 2. The van der Waals surface area contributed by atoms with Gasteiger partial charge in [-0.1, -0.05) is 36.4 Å². The maximum atomic E-state index is 13.7. The number of fused-ring (bicyclic) bond motifs is 1. The Morgan fingerprint density at radius 1 is 1.05 bits per heavy atom. The van der Waals surface area contributed by atoms with Gasteiger partial charge in [-0.25, -0.2) is 4.39 Å². The lowest BCUT2D eigenvalue weighted by molar-refractivity contribution is 0.594. The van der Waals surface area contributed by atoms with E-state index in [1.54, 1.807) is 23.5 Å². The number of halogens is 1. The number of hydrogen-bond donors (Lipinski definition) is 1. The highest BCUT2D eigenvalue weighted by molar-refractivity contribution is 7.17. The van der Waals surface area contributed by atoms with Crippen molar-refractivity contribution >= 4 is 21.4 Å². The van der Waals surface area contributed by atoms with E-state index in [9.17, 15) is 4.39 Å². The Morgan fingerprint density at radius 3 is 2.63 bits per heavy atom. The van der Waals surface area contributed by atoms with E-state index in [-0.39, 0.29) is 11.9 Å². The van der Waals surface area contributed by atoms with Gasteiger partial charge in [0.1, 0.15) is 5.82 Å². The third kappa shape index (κ3) is 2.39. The molecular formula is C16H14FNS. The minimum absolute atomic E-state index is 0.173. The maximum absolute atomic E-state index is 13.7. The summed E-state index contributed by atoms with van der Waals surface area (Å²) in [6.45, 7) is 0. The molecule has 0 aliphatic heterocycles. The van der Waals surface area contributed by atoms with Gasteiger partial charge in [0, 0.05) is 10.7 Å². The van der Waals surface area contributed by atoms with Crippen LogP contribution in [0.5, 0.6) is 0 Å². The van der Waals surface area contributed by atoms with Gasteiger partial charge in [-0.05, 0) is 40.4 Å². The van der Waals surface area contributed by atoms with Crippen LogP contribution in [0.3, 0.4) is 0 Å². The van der Waals surface area contributed by atoms with Gasteiger partial charge < -0.3 is 5.73 Å².